The molecule has 0 radical (unpaired) electrons. The van der Waals surface area contributed by atoms with Crippen LogP contribution in [0.1, 0.15) is 22.9 Å². The number of nitro groups is 1. The first-order valence-electron chi connectivity index (χ1n) is 6.91. The third kappa shape index (κ3) is 4.39. The van der Waals surface area contributed by atoms with E-state index in [9.17, 15) is 15.2 Å². The van der Waals surface area contributed by atoms with Crippen molar-refractivity contribution in [2.45, 2.75) is 12.5 Å². The van der Waals surface area contributed by atoms with Gasteiger partial charge in [0.1, 0.15) is 5.69 Å². The van der Waals surface area contributed by atoms with E-state index in [1.54, 1.807) is 12.1 Å². The second-order valence-electron chi connectivity index (χ2n) is 4.72. The summed E-state index contributed by atoms with van der Waals surface area (Å²) in [5.41, 5.74) is 0.902. The second kappa shape index (κ2) is 8.08. The van der Waals surface area contributed by atoms with Crippen LogP contribution in [-0.4, -0.2) is 16.6 Å². The highest BCUT2D eigenvalue weighted by Crippen LogP contribution is 2.32. The number of nitro benzene ring substituents is 1. The van der Waals surface area contributed by atoms with Crippen LogP contribution in [0.5, 0.6) is 0 Å². The van der Waals surface area contributed by atoms with Crippen molar-refractivity contribution >= 4 is 28.8 Å². The molecular weight excluding hydrogens is 314 g/mol. The maximum atomic E-state index is 11.3. The molecule has 7 heteroatoms. The first kappa shape index (κ1) is 16.7. The molecule has 1 unspecified atom stereocenters. The van der Waals surface area contributed by atoms with Crippen molar-refractivity contribution in [2.24, 2.45) is 0 Å². The van der Waals surface area contributed by atoms with Gasteiger partial charge in [-0.25, -0.2) is 0 Å². The van der Waals surface area contributed by atoms with Crippen LogP contribution in [0.3, 0.4) is 0 Å². The lowest BCUT2D eigenvalue weighted by atomic mass is 10.1. The number of aliphatic hydroxyl groups is 1. The third-order valence-corrected chi connectivity index (χ3v) is 4.19. The van der Waals surface area contributed by atoms with Crippen LogP contribution in [0, 0.1) is 21.4 Å². The minimum Gasteiger partial charge on any atom is -0.396 e. The van der Waals surface area contributed by atoms with Gasteiger partial charge in [0.05, 0.1) is 17.0 Å². The van der Waals surface area contributed by atoms with Gasteiger partial charge in [-0.3, -0.25) is 10.1 Å². The number of hydrogen-bond acceptors (Lipinski definition) is 6. The van der Waals surface area contributed by atoms with Crippen molar-refractivity contribution in [1.29, 1.82) is 5.26 Å². The maximum absolute atomic E-state index is 11.3. The number of allylic oxidation sites excluding steroid dienone is 1. The molecule has 0 saturated heterocycles. The number of nitrogens with one attached hydrogen (secondary N) is 1. The Morgan fingerprint density at radius 2 is 2.30 bits per heavy atom. The van der Waals surface area contributed by atoms with Crippen molar-refractivity contribution in [1.82, 2.24) is 0 Å². The number of benzene rings is 1. The molecule has 1 aromatic carbocycles. The fourth-order valence-corrected chi connectivity index (χ4v) is 2.96. The van der Waals surface area contributed by atoms with Crippen molar-refractivity contribution < 1.29 is 10.0 Å². The van der Waals surface area contributed by atoms with Crippen LogP contribution in [0.4, 0.5) is 11.4 Å². The molecular formula is C16H15N3O3S. The summed E-state index contributed by atoms with van der Waals surface area (Å²) in [6.07, 6.45) is 3.24. The smallest absolute Gasteiger partial charge is 0.292 e. The molecule has 0 bridgehead atoms. The third-order valence-electron chi connectivity index (χ3n) is 3.20. The molecule has 0 spiro atoms. The Morgan fingerprint density at radius 3 is 2.91 bits per heavy atom. The summed E-state index contributed by atoms with van der Waals surface area (Å²) in [7, 11) is 0. The van der Waals surface area contributed by atoms with Crippen LogP contribution in [0.2, 0.25) is 0 Å². The molecule has 2 N–H and O–H groups in total. The van der Waals surface area contributed by atoms with E-state index in [2.05, 4.69) is 5.32 Å². The van der Waals surface area contributed by atoms with Crippen molar-refractivity contribution in [3.8, 4) is 6.07 Å². The largest absolute Gasteiger partial charge is 0.396 e. The molecule has 2 aromatic rings. The zero-order chi connectivity index (χ0) is 16.7. The first-order valence-corrected chi connectivity index (χ1v) is 7.79. The van der Waals surface area contributed by atoms with Gasteiger partial charge in [-0.1, -0.05) is 12.1 Å². The van der Waals surface area contributed by atoms with E-state index in [0.29, 0.717) is 17.7 Å². The van der Waals surface area contributed by atoms with Crippen molar-refractivity contribution in [3.05, 3.63) is 62.3 Å². The van der Waals surface area contributed by atoms with E-state index in [1.165, 1.54) is 29.6 Å². The van der Waals surface area contributed by atoms with Gasteiger partial charge in [-0.15, -0.1) is 11.3 Å². The predicted molar refractivity (Wildman–Crippen MR) is 90.1 cm³/mol. The molecule has 23 heavy (non-hydrogen) atoms. The first-order chi connectivity index (χ1) is 11.2. The summed E-state index contributed by atoms with van der Waals surface area (Å²) in [6, 6.07) is 10.2. The molecule has 0 saturated carbocycles. The Balaban J connectivity index is 2.32. The van der Waals surface area contributed by atoms with Crippen LogP contribution in [0.25, 0.3) is 6.08 Å². The summed E-state index contributed by atoms with van der Waals surface area (Å²) in [4.78, 5) is 11.8. The van der Waals surface area contributed by atoms with Crippen LogP contribution < -0.4 is 5.32 Å². The standard InChI is InChI=1S/C16H15N3O3S/c17-8-1-3-12-5-6-13(15(11-12)19(21)22)18-14(7-9-20)16-4-2-10-23-16/h1-6,10-11,14,18,20H,7,9H2. The Labute approximate surface area is 137 Å². The topological polar surface area (TPSA) is 99.2 Å². The number of rotatable bonds is 7. The van der Waals surface area contributed by atoms with Gasteiger partial charge in [0.2, 0.25) is 0 Å². The number of anilines is 1. The van der Waals surface area contributed by atoms with Gasteiger partial charge in [0.25, 0.3) is 5.69 Å². The maximum Gasteiger partial charge on any atom is 0.292 e. The fourth-order valence-electron chi connectivity index (χ4n) is 2.15. The molecule has 0 aliphatic carbocycles. The van der Waals surface area contributed by atoms with Gasteiger partial charge in [-0.2, -0.15) is 5.26 Å². The summed E-state index contributed by atoms with van der Waals surface area (Å²) >= 11 is 1.53. The highest BCUT2D eigenvalue weighted by molar-refractivity contribution is 7.10. The number of hydrogen-bond donors (Lipinski definition) is 2. The Kier molecular flexibility index (Phi) is 5.86. The minimum atomic E-state index is -0.462. The lowest BCUT2D eigenvalue weighted by Gasteiger charge is -2.18. The van der Waals surface area contributed by atoms with E-state index in [4.69, 9.17) is 5.26 Å². The van der Waals surface area contributed by atoms with Gasteiger partial charge in [-0.05, 0) is 35.6 Å². The lowest BCUT2D eigenvalue weighted by Crippen LogP contribution is -2.12. The average Bonchev–Trinajstić information content (AvgIpc) is 3.07. The zero-order valence-corrected chi connectivity index (χ0v) is 13.0. The molecule has 118 valence electrons. The normalized spacial score (nSPS) is 12.0. The number of nitrogens with zero attached hydrogens (tertiary/aromatic N) is 2. The number of thiophene rings is 1. The van der Waals surface area contributed by atoms with E-state index in [-0.39, 0.29) is 18.3 Å². The SMILES string of the molecule is N#CC=Cc1ccc(NC(CCO)c2cccs2)c([N+](=O)[O-])c1. The highest BCUT2D eigenvalue weighted by atomic mass is 32.1. The molecule has 6 nitrogen and oxygen atoms in total. The van der Waals surface area contributed by atoms with Gasteiger partial charge in [0, 0.05) is 23.6 Å². The number of nitriles is 1. The zero-order valence-electron chi connectivity index (χ0n) is 12.2. The minimum absolute atomic E-state index is 0.0215. The average molecular weight is 329 g/mol. The van der Waals surface area contributed by atoms with Gasteiger partial charge < -0.3 is 10.4 Å². The van der Waals surface area contributed by atoms with Gasteiger partial charge in [0.15, 0.2) is 0 Å². The Morgan fingerprint density at radius 1 is 1.48 bits per heavy atom. The van der Waals surface area contributed by atoms with Gasteiger partial charge >= 0.3 is 0 Å². The highest BCUT2D eigenvalue weighted by Gasteiger charge is 2.19. The summed E-state index contributed by atoms with van der Waals surface area (Å²) in [5, 5.41) is 34.1. The molecule has 0 aliphatic heterocycles. The fraction of sp³-hybridized carbons (Fsp3) is 0.188. The molecule has 1 heterocycles. The number of aliphatic hydroxyl groups excluding tert-OH is 1. The monoisotopic (exact) mass is 329 g/mol. The molecule has 0 fully saturated rings. The van der Waals surface area contributed by atoms with Crippen LogP contribution >= 0.6 is 11.3 Å². The van der Waals surface area contributed by atoms with E-state index in [0.717, 1.165) is 4.88 Å². The van der Waals surface area contributed by atoms with Crippen molar-refractivity contribution in [2.75, 3.05) is 11.9 Å². The molecule has 2 rings (SSSR count). The Bertz CT molecular complexity index is 736. The molecule has 1 aromatic heterocycles. The summed E-state index contributed by atoms with van der Waals surface area (Å²) in [5.74, 6) is 0. The van der Waals surface area contributed by atoms with E-state index in [1.807, 2.05) is 23.6 Å². The van der Waals surface area contributed by atoms with E-state index >= 15 is 0 Å². The molecule has 1 atom stereocenters. The quantitative estimate of drug-likeness (QED) is 0.458. The van der Waals surface area contributed by atoms with Crippen LogP contribution in [-0.2, 0) is 0 Å². The molecule has 0 aliphatic rings. The van der Waals surface area contributed by atoms with Crippen LogP contribution in [0.15, 0.2) is 41.8 Å². The van der Waals surface area contributed by atoms with Crippen molar-refractivity contribution in [3.63, 3.8) is 0 Å². The molecule has 0 amide bonds. The second-order valence-corrected chi connectivity index (χ2v) is 5.70. The predicted octanol–water partition coefficient (Wildman–Crippen LogP) is 3.73. The Hall–Kier alpha value is -2.69. The van der Waals surface area contributed by atoms with E-state index < -0.39 is 4.92 Å². The summed E-state index contributed by atoms with van der Waals surface area (Å²) in [6.45, 7) is -0.0215. The summed E-state index contributed by atoms with van der Waals surface area (Å²) < 4.78 is 0. The lowest BCUT2D eigenvalue weighted by molar-refractivity contribution is -0.384.